The Balaban J connectivity index is 1.99. The van der Waals surface area contributed by atoms with Gasteiger partial charge in [0.05, 0.1) is 41.7 Å². The summed E-state index contributed by atoms with van der Waals surface area (Å²) in [5, 5.41) is 11.8. The van der Waals surface area contributed by atoms with E-state index >= 15 is 0 Å². The molecule has 0 saturated heterocycles. The highest BCUT2D eigenvalue weighted by molar-refractivity contribution is 8.78. The Bertz CT molecular complexity index is 1110. The second-order valence-electron chi connectivity index (χ2n) is 11.3. The minimum absolute atomic E-state index is 0.267. The Labute approximate surface area is 251 Å². The van der Waals surface area contributed by atoms with Crippen LogP contribution in [0.4, 0.5) is 22.7 Å². The molecule has 0 saturated carbocycles. The summed E-state index contributed by atoms with van der Waals surface area (Å²) >= 11 is 0. The number of anilines is 4. The first-order valence-corrected chi connectivity index (χ1v) is 16.9. The number of amides is 4. The van der Waals surface area contributed by atoms with Crippen molar-refractivity contribution in [3.05, 3.63) is 48.5 Å². The van der Waals surface area contributed by atoms with Gasteiger partial charge in [0, 0.05) is 0 Å². The first-order valence-electron chi connectivity index (χ1n) is 12.6. The lowest BCUT2D eigenvalue weighted by Gasteiger charge is -2.30. The maximum atomic E-state index is 13.3. The minimum atomic E-state index is -0.913. The van der Waals surface area contributed by atoms with E-state index in [9.17, 15) is 19.2 Å². The van der Waals surface area contributed by atoms with E-state index in [4.69, 9.17) is 0 Å². The van der Waals surface area contributed by atoms with Crippen molar-refractivity contribution in [1.29, 1.82) is 0 Å². The summed E-state index contributed by atoms with van der Waals surface area (Å²) in [6.07, 6.45) is 0. The predicted molar refractivity (Wildman–Crippen MR) is 174 cm³/mol. The van der Waals surface area contributed by atoms with Crippen LogP contribution >= 0.6 is 43.2 Å². The summed E-state index contributed by atoms with van der Waals surface area (Å²) in [6.45, 7) is 14.3. The highest BCUT2D eigenvalue weighted by Gasteiger charge is 2.38. The molecule has 216 valence electrons. The number of carbonyl (C=O) groups is 4. The van der Waals surface area contributed by atoms with Gasteiger partial charge in [0.25, 0.3) is 0 Å². The van der Waals surface area contributed by atoms with Crippen LogP contribution in [0.3, 0.4) is 0 Å². The summed E-state index contributed by atoms with van der Waals surface area (Å²) < 4.78 is -3.65. The zero-order valence-corrected chi connectivity index (χ0v) is 27.2. The van der Waals surface area contributed by atoms with Gasteiger partial charge in [-0.3, -0.25) is 19.2 Å². The Hall–Kier alpha value is -2.28. The van der Waals surface area contributed by atoms with Crippen LogP contribution in [0.5, 0.6) is 0 Å². The molecule has 2 aromatic carbocycles. The Morgan fingerprint density at radius 2 is 0.575 bits per heavy atom. The van der Waals surface area contributed by atoms with Gasteiger partial charge in [0.15, 0.2) is 0 Å². The predicted octanol–water partition coefficient (Wildman–Crippen LogP) is 7.03. The van der Waals surface area contributed by atoms with E-state index in [2.05, 4.69) is 21.3 Å². The van der Waals surface area contributed by atoms with Crippen molar-refractivity contribution >= 4 is 89.6 Å². The highest BCUT2D eigenvalue weighted by atomic mass is 33.1. The molecular formula is C28H36N4O4S4. The van der Waals surface area contributed by atoms with E-state index in [1.165, 1.54) is 43.2 Å². The molecule has 40 heavy (non-hydrogen) atoms. The molecule has 2 aromatic rings. The van der Waals surface area contributed by atoms with Gasteiger partial charge >= 0.3 is 0 Å². The lowest BCUT2D eigenvalue weighted by molar-refractivity contribution is -0.118. The third kappa shape index (κ3) is 7.92. The fraction of sp³-hybridized carbons (Fsp3) is 0.429. The average Bonchev–Trinajstić information content (AvgIpc) is 2.88. The monoisotopic (exact) mass is 620 g/mol. The van der Waals surface area contributed by atoms with E-state index in [1.54, 1.807) is 104 Å². The van der Waals surface area contributed by atoms with Crippen molar-refractivity contribution in [3.8, 4) is 0 Å². The molecule has 1 aliphatic rings. The third-order valence-corrected chi connectivity index (χ3v) is 14.0. The molecule has 4 N–H and O–H groups in total. The molecular weight excluding hydrogens is 585 g/mol. The third-order valence-electron chi connectivity index (χ3n) is 5.95. The molecule has 0 fully saturated rings. The van der Waals surface area contributed by atoms with Gasteiger partial charge in [-0.2, -0.15) is 0 Å². The first kappa shape index (κ1) is 32.2. The summed E-state index contributed by atoms with van der Waals surface area (Å²) in [7, 11) is 5.14. The second-order valence-corrected chi connectivity index (χ2v) is 18.0. The van der Waals surface area contributed by atoms with Crippen LogP contribution in [0.1, 0.15) is 55.4 Å². The molecule has 1 aliphatic heterocycles. The van der Waals surface area contributed by atoms with Crippen molar-refractivity contribution in [2.45, 2.75) is 74.4 Å². The van der Waals surface area contributed by atoms with Gasteiger partial charge < -0.3 is 21.3 Å². The van der Waals surface area contributed by atoms with Crippen LogP contribution in [0.15, 0.2) is 48.5 Å². The van der Waals surface area contributed by atoms with Crippen LogP contribution in [0.2, 0.25) is 0 Å². The number of hydrogen-bond donors (Lipinski definition) is 4. The molecule has 8 nitrogen and oxygen atoms in total. The highest BCUT2D eigenvalue weighted by Crippen LogP contribution is 2.46. The molecule has 0 aliphatic carbocycles. The number of para-hydroxylation sites is 4. The van der Waals surface area contributed by atoms with Crippen molar-refractivity contribution in [1.82, 2.24) is 0 Å². The molecule has 0 bridgehead atoms. The maximum absolute atomic E-state index is 13.3. The van der Waals surface area contributed by atoms with Crippen LogP contribution in [0.25, 0.3) is 0 Å². The zero-order chi connectivity index (χ0) is 29.9. The van der Waals surface area contributed by atoms with Gasteiger partial charge in [-0.05, 0) is 79.7 Å². The van der Waals surface area contributed by atoms with E-state index in [0.29, 0.717) is 22.7 Å². The molecule has 0 spiro atoms. The summed E-state index contributed by atoms with van der Waals surface area (Å²) in [5.74, 6) is -1.07. The molecule has 4 amide bonds. The van der Waals surface area contributed by atoms with Crippen molar-refractivity contribution in [3.63, 3.8) is 0 Å². The topological polar surface area (TPSA) is 116 Å². The van der Waals surface area contributed by atoms with E-state index in [-0.39, 0.29) is 23.6 Å². The largest absolute Gasteiger partial charge is 0.323 e. The quantitative estimate of drug-likeness (QED) is 0.232. The Kier molecular flexibility index (Phi) is 9.91. The van der Waals surface area contributed by atoms with Crippen LogP contribution in [0, 0.1) is 0 Å². The number of carbonyl (C=O) groups excluding carboxylic acids is 4. The number of rotatable bonds is 0. The zero-order valence-electron chi connectivity index (χ0n) is 23.9. The number of hydrogen-bond acceptors (Lipinski definition) is 8. The molecule has 1 heterocycles. The molecule has 0 aromatic heterocycles. The number of fused-ring (bicyclic) bond motifs is 2. The van der Waals surface area contributed by atoms with Crippen molar-refractivity contribution in [2.24, 2.45) is 0 Å². The lowest BCUT2D eigenvalue weighted by atomic mass is 10.1. The van der Waals surface area contributed by atoms with Gasteiger partial charge in [0.1, 0.15) is 0 Å². The standard InChI is InChI=1S/C28H36N4O4S4/c1-25(2)21(33)29-17-13-9-10-14-18(17)30-23(35)27(5,6)39-40-28(7,8)24(36)32-20-16-12-11-15-19(20)31-22(34)26(3,4)38-37-25/h9-16H,1-8H3,(H,29,33)(H,30,35)(H,31,34)(H,32,36). The average molecular weight is 621 g/mol. The Morgan fingerprint density at radius 3 is 0.750 bits per heavy atom. The summed E-state index contributed by atoms with van der Waals surface area (Å²) in [6, 6.07) is 14.0. The normalized spacial score (nSPS) is 21.4. The number of benzene rings is 2. The summed E-state index contributed by atoms with van der Waals surface area (Å²) in [4.78, 5) is 53.3. The molecule has 3 rings (SSSR count). The van der Waals surface area contributed by atoms with E-state index in [0.717, 1.165) is 0 Å². The fourth-order valence-electron chi connectivity index (χ4n) is 3.06. The second kappa shape index (κ2) is 12.3. The number of nitrogens with one attached hydrogen (secondary N) is 4. The van der Waals surface area contributed by atoms with Gasteiger partial charge in [-0.1, -0.05) is 67.4 Å². The lowest BCUT2D eigenvalue weighted by Crippen LogP contribution is -2.39. The van der Waals surface area contributed by atoms with Crippen LogP contribution in [-0.4, -0.2) is 42.6 Å². The Morgan fingerprint density at radius 1 is 0.400 bits per heavy atom. The SMILES string of the molecule is CC1(C)SSC(C)(C)C(=O)Nc2ccccc2NC(=O)C(C)(C)SSC(C)(C)C(=O)Nc2ccccc2NC1=O. The fourth-order valence-corrected chi connectivity index (χ4v) is 7.81. The molecule has 12 heteroatoms. The van der Waals surface area contributed by atoms with Gasteiger partial charge in [0.2, 0.25) is 23.6 Å². The first-order chi connectivity index (χ1) is 18.4. The van der Waals surface area contributed by atoms with Crippen LogP contribution < -0.4 is 21.3 Å². The van der Waals surface area contributed by atoms with Gasteiger partial charge in [-0.25, -0.2) is 0 Å². The molecule has 0 atom stereocenters. The van der Waals surface area contributed by atoms with Crippen molar-refractivity contribution < 1.29 is 19.2 Å². The van der Waals surface area contributed by atoms with Crippen molar-refractivity contribution in [2.75, 3.05) is 21.3 Å². The maximum Gasteiger partial charge on any atom is 0.240 e. The van der Waals surface area contributed by atoms with Gasteiger partial charge in [-0.15, -0.1) is 0 Å². The summed E-state index contributed by atoms with van der Waals surface area (Å²) in [5.41, 5.74) is 1.87. The minimum Gasteiger partial charge on any atom is -0.323 e. The van der Waals surface area contributed by atoms with E-state index < -0.39 is 19.0 Å². The molecule has 0 radical (unpaired) electrons. The van der Waals surface area contributed by atoms with Crippen LogP contribution in [-0.2, 0) is 19.2 Å². The van der Waals surface area contributed by atoms with E-state index in [1.807, 2.05) is 0 Å². The smallest absolute Gasteiger partial charge is 0.240 e. The molecule has 0 unspecified atom stereocenters.